The van der Waals surface area contributed by atoms with E-state index in [1.54, 1.807) is 0 Å². The van der Waals surface area contributed by atoms with Gasteiger partial charge in [-0.2, -0.15) is 0 Å². The molecule has 0 radical (unpaired) electrons. The highest BCUT2D eigenvalue weighted by atomic mass is 16.3. The summed E-state index contributed by atoms with van der Waals surface area (Å²) in [6.45, 7) is 0.208. The zero-order chi connectivity index (χ0) is 7.33. The molecule has 4 heteroatoms. The maximum atomic E-state index is 10.1. The Bertz CT molecular complexity index is 97.0. The van der Waals surface area contributed by atoms with Crippen LogP contribution in [-0.2, 0) is 4.79 Å². The predicted octanol–water partition coefficient (Wildman–Crippen LogP) is -1.78. The Morgan fingerprint density at radius 1 is 1.56 bits per heavy atom. The molecule has 5 N–H and O–H groups in total. The number of carbonyl (C=O) groups is 1. The number of hydrogen-bond acceptors (Lipinski definition) is 4. The van der Waals surface area contributed by atoms with Gasteiger partial charge < -0.3 is 21.4 Å². The number of rotatable bonds is 4. The maximum Gasteiger partial charge on any atom is 0.152 e. The molecule has 0 fully saturated rings. The summed E-state index contributed by atoms with van der Waals surface area (Å²) >= 11 is 0. The van der Waals surface area contributed by atoms with E-state index in [9.17, 15) is 4.79 Å². The fraction of sp³-hybridized carbons (Fsp3) is 0.800. The van der Waals surface area contributed by atoms with Gasteiger partial charge in [0, 0.05) is 6.54 Å². The number of aliphatic hydroxyl groups is 1. The first-order valence-electron chi connectivity index (χ1n) is 2.77. The quantitative estimate of drug-likeness (QED) is 0.395. The van der Waals surface area contributed by atoms with Crippen LogP contribution in [0.1, 0.15) is 6.42 Å². The first-order valence-corrected chi connectivity index (χ1v) is 2.77. The molecule has 0 aliphatic heterocycles. The third kappa shape index (κ3) is 2.55. The molecule has 4 nitrogen and oxygen atoms in total. The summed E-state index contributed by atoms with van der Waals surface area (Å²) in [6.07, 6.45) is 0.660. The molecule has 0 amide bonds. The smallest absolute Gasteiger partial charge is 0.152 e. The van der Waals surface area contributed by atoms with E-state index in [1.807, 2.05) is 0 Å². The summed E-state index contributed by atoms with van der Waals surface area (Å²) in [5.74, 6) is 0. The Morgan fingerprint density at radius 3 is 2.22 bits per heavy atom. The average molecular weight is 132 g/mol. The lowest BCUT2D eigenvalue weighted by molar-refractivity contribution is -0.123. The van der Waals surface area contributed by atoms with Crippen LogP contribution in [-0.4, -0.2) is 30.1 Å². The number of nitrogens with two attached hydrogens (primary N) is 2. The van der Waals surface area contributed by atoms with Gasteiger partial charge in [-0.3, -0.25) is 0 Å². The molecule has 0 spiro atoms. The van der Waals surface area contributed by atoms with Gasteiger partial charge in [0.05, 0.1) is 0 Å². The van der Waals surface area contributed by atoms with Crippen molar-refractivity contribution in [3.8, 4) is 0 Å². The van der Waals surface area contributed by atoms with Crippen LogP contribution in [0.15, 0.2) is 0 Å². The summed E-state index contributed by atoms with van der Waals surface area (Å²) in [4.78, 5) is 10.1. The fourth-order valence-corrected chi connectivity index (χ4v) is 0.459. The van der Waals surface area contributed by atoms with E-state index in [4.69, 9.17) is 16.6 Å². The Hall–Kier alpha value is -0.450. The van der Waals surface area contributed by atoms with Crippen LogP contribution in [0.4, 0.5) is 0 Å². The number of hydrogen-bond donors (Lipinski definition) is 3. The van der Waals surface area contributed by atoms with E-state index >= 15 is 0 Å². The normalized spacial score (nSPS) is 16.8. The van der Waals surface area contributed by atoms with Gasteiger partial charge >= 0.3 is 0 Å². The molecule has 0 aromatic rings. The third-order valence-corrected chi connectivity index (χ3v) is 1.15. The molecule has 1 atom stereocenters. The summed E-state index contributed by atoms with van der Waals surface area (Å²) in [6, 6.07) is 0. The first-order chi connectivity index (χ1) is 4.18. The Labute approximate surface area is 53.8 Å². The minimum absolute atomic E-state index is 0.0618. The van der Waals surface area contributed by atoms with Crippen molar-refractivity contribution in [3.63, 3.8) is 0 Å². The molecule has 9 heavy (non-hydrogen) atoms. The zero-order valence-electron chi connectivity index (χ0n) is 5.21. The molecule has 0 rings (SSSR count). The van der Waals surface area contributed by atoms with Crippen LogP contribution in [0.2, 0.25) is 0 Å². The van der Waals surface area contributed by atoms with Crippen LogP contribution in [0, 0.1) is 0 Å². The van der Waals surface area contributed by atoms with E-state index in [0.717, 1.165) is 0 Å². The van der Waals surface area contributed by atoms with Gasteiger partial charge in [-0.1, -0.05) is 0 Å². The standard InChI is InChI=1S/C5H12N2O2/c6-2-1-5(9,3-7)4-8/h4,9H,1-3,6-7H2. The fourth-order valence-electron chi connectivity index (χ4n) is 0.459. The Morgan fingerprint density at radius 2 is 2.11 bits per heavy atom. The van der Waals surface area contributed by atoms with Crippen molar-refractivity contribution < 1.29 is 9.90 Å². The molecule has 54 valence electrons. The Balaban J connectivity index is 3.76. The topological polar surface area (TPSA) is 89.3 Å². The zero-order valence-corrected chi connectivity index (χ0v) is 5.21. The SMILES string of the molecule is NCCC(O)(C=O)CN. The van der Waals surface area contributed by atoms with Gasteiger partial charge in [-0.05, 0) is 13.0 Å². The molecule has 1 unspecified atom stereocenters. The maximum absolute atomic E-state index is 10.1. The van der Waals surface area contributed by atoms with Crippen molar-refractivity contribution in [2.75, 3.05) is 13.1 Å². The van der Waals surface area contributed by atoms with Crippen molar-refractivity contribution in [2.45, 2.75) is 12.0 Å². The van der Waals surface area contributed by atoms with E-state index in [1.165, 1.54) is 0 Å². The highest BCUT2D eigenvalue weighted by Crippen LogP contribution is 2.01. The first kappa shape index (κ1) is 8.55. The van der Waals surface area contributed by atoms with Crippen LogP contribution < -0.4 is 11.5 Å². The van der Waals surface area contributed by atoms with Gasteiger partial charge in [0.25, 0.3) is 0 Å². The highest BCUT2D eigenvalue weighted by molar-refractivity contribution is 5.62. The molecule has 0 saturated carbocycles. The largest absolute Gasteiger partial charge is 0.381 e. The molecular weight excluding hydrogens is 120 g/mol. The molecule has 0 aromatic carbocycles. The summed E-state index contributed by atoms with van der Waals surface area (Å²) in [5, 5.41) is 9.06. The van der Waals surface area contributed by atoms with Gasteiger partial charge in [0.1, 0.15) is 5.60 Å². The number of aldehydes is 1. The lowest BCUT2D eigenvalue weighted by Crippen LogP contribution is -2.41. The van der Waals surface area contributed by atoms with Gasteiger partial charge in [0.15, 0.2) is 6.29 Å². The number of carbonyl (C=O) groups excluding carboxylic acids is 1. The molecule has 0 heterocycles. The van der Waals surface area contributed by atoms with Crippen LogP contribution in [0.5, 0.6) is 0 Å². The average Bonchev–Trinajstić information content (AvgIpc) is 1.89. The Kier molecular flexibility index (Phi) is 3.37. The molecule has 0 aliphatic rings. The minimum atomic E-state index is -1.39. The van der Waals surface area contributed by atoms with Gasteiger partial charge in [-0.25, -0.2) is 0 Å². The van der Waals surface area contributed by atoms with Crippen molar-refractivity contribution in [3.05, 3.63) is 0 Å². The van der Waals surface area contributed by atoms with E-state index in [2.05, 4.69) is 0 Å². The van der Waals surface area contributed by atoms with Crippen molar-refractivity contribution in [2.24, 2.45) is 11.5 Å². The lowest BCUT2D eigenvalue weighted by Gasteiger charge is -2.17. The van der Waals surface area contributed by atoms with Crippen LogP contribution in [0.3, 0.4) is 0 Å². The van der Waals surface area contributed by atoms with Crippen molar-refractivity contribution in [1.82, 2.24) is 0 Å². The molecule has 0 bridgehead atoms. The highest BCUT2D eigenvalue weighted by Gasteiger charge is 2.22. The second kappa shape index (κ2) is 3.55. The monoisotopic (exact) mass is 132 g/mol. The minimum Gasteiger partial charge on any atom is -0.381 e. The second-order valence-electron chi connectivity index (χ2n) is 1.96. The molecule has 0 saturated heterocycles. The molecule has 0 aliphatic carbocycles. The third-order valence-electron chi connectivity index (χ3n) is 1.15. The van der Waals surface area contributed by atoms with Gasteiger partial charge in [0.2, 0.25) is 0 Å². The molecular formula is C5H12N2O2. The summed E-state index contributed by atoms with van der Waals surface area (Å²) in [7, 11) is 0. The lowest BCUT2D eigenvalue weighted by atomic mass is 10.0. The van der Waals surface area contributed by atoms with E-state index in [0.29, 0.717) is 6.29 Å². The molecule has 0 aromatic heterocycles. The second-order valence-corrected chi connectivity index (χ2v) is 1.96. The van der Waals surface area contributed by atoms with Crippen molar-refractivity contribution in [1.29, 1.82) is 0 Å². The summed E-state index contributed by atoms with van der Waals surface area (Å²) < 4.78 is 0. The summed E-state index contributed by atoms with van der Waals surface area (Å²) in [5.41, 5.74) is 8.76. The van der Waals surface area contributed by atoms with Crippen LogP contribution in [0.25, 0.3) is 0 Å². The van der Waals surface area contributed by atoms with Crippen molar-refractivity contribution >= 4 is 6.29 Å². The predicted molar refractivity (Wildman–Crippen MR) is 33.7 cm³/mol. The van der Waals surface area contributed by atoms with Crippen LogP contribution >= 0.6 is 0 Å². The van der Waals surface area contributed by atoms with E-state index in [-0.39, 0.29) is 19.5 Å². The van der Waals surface area contributed by atoms with E-state index < -0.39 is 5.60 Å². The van der Waals surface area contributed by atoms with Gasteiger partial charge in [-0.15, -0.1) is 0 Å².